The topological polar surface area (TPSA) is 209 Å². The predicted molar refractivity (Wildman–Crippen MR) is 171 cm³/mol. The standard InChI is InChI=1S/C36H52O13/c1-17-31(49-33-29(42)27(40)26(39)24(15-37)48-33)28(41)30(43)32(46-17)47-20-8-11-34(2)19(14-20)5-6-23-22(34)9-12-35(3)21(10-13-36(23,35)44)18-4-7-25(38)45-16-18/h4,7,14,16-17,20-24,26-33,37,39-44H,5-6,8-13,15H2,1-3H3/t17?,20-,21+,22-,23+,24?,26?,27?,28?,29?,30?,31?,32?,33?,34-,35+,36-/m0/s1. The van der Waals surface area contributed by atoms with E-state index in [1.54, 1.807) is 13.2 Å². The lowest BCUT2D eigenvalue weighted by Gasteiger charge is -2.62. The maximum absolute atomic E-state index is 12.5. The Morgan fingerprint density at radius 3 is 2.29 bits per heavy atom. The highest BCUT2D eigenvalue weighted by Crippen LogP contribution is 2.70. The van der Waals surface area contributed by atoms with E-state index in [1.807, 2.05) is 6.07 Å². The maximum atomic E-state index is 12.5. The van der Waals surface area contributed by atoms with Gasteiger partial charge in [0.05, 0.1) is 30.7 Å². The van der Waals surface area contributed by atoms with Crippen LogP contribution in [-0.4, -0.2) is 115 Å². The van der Waals surface area contributed by atoms with E-state index in [4.69, 9.17) is 23.4 Å². The summed E-state index contributed by atoms with van der Waals surface area (Å²) >= 11 is 0. The van der Waals surface area contributed by atoms with E-state index in [0.717, 1.165) is 44.1 Å². The summed E-state index contributed by atoms with van der Waals surface area (Å²) in [5, 5.41) is 74.7. The SMILES string of the molecule is CC1OC(O[C@@H]2C=C3CC[C@@H]4[C@H](CC[C@]5(C)[C@@H](c6ccc(=O)oc6)CC[C@]45O)[C@@]3(C)CC2)C(O)C(O)C1OC1OC(CO)C(O)C(O)C1O. The van der Waals surface area contributed by atoms with Gasteiger partial charge in [0.2, 0.25) is 0 Å². The Labute approximate surface area is 285 Å². The first-order valence-electron chi connectivity index (χ1n) is 17.9. The van der Waals surface area contributed by atoms with Crippen LogP contribution in [0, 0.1) is 22.7 Å². The highest BCUT2D eigenvalue weighted by molar-refractivity contribution is 5.31. The summed E-state index contributed by atoms with van der Waals surface area (Å²) in [6.07, 6.45) is -3.69. The molecule has 274 valence electrons. The Morgan fingerprint density at radius 1 is 0.837 bits per heavy atom. The second kappa shape index (κ2) is 13.0. The van der Waals surface area contributed by atoms with Crippen molar-refractivity contribution >= 4 is 0 Å². The molecule has 17 atom stereocenters. The molecule has 13 heteroatoms. The number of allylic oxidation sites excluding steroid dienone is 1. The van der Waals surface area contributed by atoms with E-state index >= 15 is 0 Å². The first kappa shape index (κ1) is 35.6. The molecule has 7 N–H and O–H groups in total. The molecule has 2 aliphatic heterocycles. The summed E-state index contributed by atoms with van der Waals surface area (Å²) < 4.78 is 28.7. The molecule has 0 spiro atoms. The zero-order chi connectivity index (χ0) is 35.0. The lowest BCUT2D eigenvalue weighted by molar-refractivity contribution is -0.357. The number of aliphatic hydroxyl groups is 7. The predicted octanol–water partition coefficient (Wildman–Crippen LogP) is 0.838. The van der Waals surface area contributed by atoms with Crippen LogP contribution in [0.5, 0.6) is 0 Å². The number of ether oxygens (including phenoxy) is 4. The fourth-order valence-electron chi connectivity index (χ4n) is 10.7. The molecule has 0 radical (unpaired) electrons. The average molecular weight is 693 g/mol. The van der Waals surface area contributed by atoms with Crippen molar-refractivity contribution in [2.45, 2.75) is 151 Å². The van der Waals surface area contributed by atoms with Crippen molar-refractivity contribution in [3.63, 3.8) is 0 Å². The second-order valence-electron chi connectivity index (χ2n) is 15.9. The molecule has 2 saturated heterocycles. The summed E-state index contributed by atoms with van der Waals surface area (Å²) in [6.45, 7) is 5.53. The van der Waals surface area contributed by atoms with Gasteiger partial charge in [-0.1, -0.05) is 25.5 Å². The van der Waals surface area contributed by atoms with E-state index in [1.165, 1.54) is 11.6 Å². The van der Waals surface area contributed by atoms with Gasteiger partial charge in [-0.05, 0) is 93.1 Å². The number of fused-ring (bicyclic) bond motifs is 5. The van der Waals surface area contributed by atoms with Crippen LogP contribution in [-0.2, 0) is 18.9 Å². The van der Waals surface area contributed by atoms with Crippen LogP contribution in [0.1, 0.15) is 83.6 Å². The lowest BCUT2D eigenvalue weighted by Crippen LogP contribution is -2.64. The molecule has 3 heterocycles. The molecular formula is C36H52O13. The molecule has 3 saturated carbocycles. The van der Waals surface area contributed by atoms with Gasteiger partial charge in [-0.3, -0.25) is 0 Å². The number of aliphatic hydroxyl groups excluding tert-OH is 6. The van der Waals surface area contributed by atoms with Crippen LogP contribution in [0.15, 0.2) is 39.3 Å². The average Bonchev–Trinajstić information content (AvgIpc) is 3.36. The van der Waals surface area contributed by atoms with Gasteiger partial charge in [-0.15, -0.1) is 0 Å². The minimum absolute atomic E-state index is 0.110. The van der Waals surface area contributed by atoms with E-state index < -0.39 is 73.6 Å². The van der Waals surface area contributed by atoms with Crippen molar-refractivity contribution in [2.24, 2.45) is 22.7 Å². The minimum Gasteiger partial charge on any atom is -0.431 e. The largest absolute Gasteiger partial charge is 0.431 e. The van der Waals surface area contributed by atoms with Gasteiger partial charge in [0, 0.05) is 11.5 Å². The molecule has 13 nitrogen and oxygen atoms in total. The van der Waals surface area contributed by atoms with E-state index in [2.05, 4.69) is 19.9 Å². The Hall–Kier alpha value is -1.75. The molecule has 4 aliphatic carbocycles. The van der Waals surface area contributed by atoms with Crippen LogP contribution >= 0.6 is 0 Å². The highest BCUT2D eigenvalue weighted by atomic mass is 16.7. The fraction of sp³-hybridized carbons (Fsp3) is 0.806. The molecule has 6 aliphatic rings. The van der Waals surface area contributed by atoms with Crippen molar-refractivity contribution in [3.8, 4) is 0 Å². The monoisotopic (exact) mass is 692 g/mol. The Balaban J connectivity index is 1.01. The number of hydrogen-bond acceptors (Lipinski definition) is 13. The third-order valence-corrected chi connectivity index (χ3v) is 13.6. The van der Waals surface area contributed by atoms with Crippen LogP contribution < -0.4 is 5.63 Å². The van der Waals surface area contributed by atoms with E-state index in [0.29, 0.717) is 18.8 Å². The second-order valence-corrected chi connectivity index (χ2v) is 15.9. The van der Waals surface area contributed by atoms with E-state index in [-0.39, 0.29) is 34.4 Å². The summed E-state index contributed by atoms with van der Waals surface area (Å²) in [4.78, 5) is 11.6. The highest BCUT2D eigenvalue weighted by Gasteiger charge is 2.67. The van der Waals surface area contributed by atoms with Crippen LogP contribution in [0.4, 0.5) is 0 Å². The molecule has 0 aromatic carbocycles. The van der Waals surface area contributed by atoms with Crippen molar-refractivity contribution in [1.82, 2.24) is 0 Å². The fourth-order valence-corrected chi connectivity index (χ4v) is 10.7. The maximum Gasteiger partial charge on any atom is 0.335 e. The summed E-state index contributed by atoms with van der Waals surface area (Å²) in [6, 6.07) is 3.32. The Kier molecular flexibility index (Phi) is 9.48. The zero-order valence-electron chi connectivity index (χ0n) is 28.3. The van der Waals surface area contributed by atoms with E-state index in [9.17, 15) is 40.5 Å². The zero-order valence-corrected chi connectivity index (χ0v) is 28.3. The Bertz CT molecular complexity index is 1430. The van der Waals surface area contributed by atoms with Crippen molar-refractivity contribution in [3.05, 3.63) is 46.0 Å². The van der Waals surface area contributed by atoms with Gasteiger partial charge in [0.1, 0.15) is 42.7 Å². The molecule has 1 aromatic heterocycles. The van der Waals surface area contributed by atoms with Gasteiger partial charge >= 0.3 is 5.63 Å². The summed E-state index contributed by atoms with van der Waals surface area (Å²) in [7, 11) is 0. The first-order valence-corrected chi connectivity index (χ1v) is 17.9. The van der Waals surface area contributed by atoms with Crippen molar-refractivity contribution < 1.29 is 59.1 Å². The smallest absolute Gasteiger partial charge is 0.335 e. The third kappa shape index (κ3) is 5.68. The third-order valence-electron chi connectivity index (χ3n) is 13.6. The minimum atomic E-state index is -1.66. The first-order chi connectivity index (χ1) is 23.2. The Morgan fingerprint density at radius 2 is 1.57 bits per heavy atom. The molecule has 0 amide bonds. The number of hydrogen-bond donors (Lipinski definition) is 7. The van der Waals surface area contributed by atoms with Crippen LogP contribution in [0.25, 0.3) is 0 Å². The van der Waals surface area contributed by atoms with Gasteiger partial charge in [-0.2, -0.15) is 0 Å². The lowest BCUT2D eigenvalue weighted by atomic mass is 9.45. The quantitative estimate of drug-likeness (QED) is 0.207. The number of rotatable bonds is 6. The van der Waals surface area contributed by atoms with Crippen LogP contribution in [0.2, 0.25) is 0 Å². The molecule has 10 unspecified atom stereocenters. The normalized spacial score (nSPS) is 51.3. The summed E-state index contributed by atoms with van der Waals surface area (Å²) in [5.41, 5.74) is 0.655. The van der Waals surface area contributed by atoms with Gasteiger partial charge in [0.25, 0.3) is 0 Å². The van der Waals surface area contributed by atoms with Crippen LogP contribution in [0.3, 0.4) is 0 Å². The molecular weight excluding hydrogens is 640 g/mol. The van der Waals surface area contributed by atoms with Crippen molar-refractivity contribution in [1.29, 1.82) is 0 Å². The molecule has 0 bridgehead atoms. The molecule has 49 heavy (non-hydrogen) atoms. The summed E-state index contributed by atoms with van der Waals surface area (Å²) in [5.74, 6) is 0.572. The molecule has 1 aromatic rings. The molecule has 5 fully saturated rings. The molecule has 7 rings (SSSR count). The van der Waals surface area contributed by atoms with Crippen molar-refractivity contribution in [2.75, 3.05) is 6.61 Å². The van der Waals surface area contributed by atoms with Gasteiger partial charge in [0.15, 0.2) is 12.6 Å². The van der Waals surface area contributed by atoms with Gasteiger partial charge in [-0.25, -0.2) is 4.79 Å². The van der Waals surface area contributed by atoms with Gasteiger partial charge < -0.3 is 59.1 Å².